The molecule has 0 fully saturated rings. The van der Waals surface area contributed by atoms with Crippen molar-refractivity contribution in [3.05, 3.63) is 39.9 Å². The number of aryl methyl sites for hydroxylation is 1. The molecule has 80 valence electrons. The van der Waals surface area contributed by atoms with Crippen molar-refractivity contribution in [1.82, 2.24) is 0 Å². The fraction of sp³-hybridized carbons (Fsp3) is 0.182. The Bertz CT molecular complexity index is 425. The predicted octanol–water partition coefficient (Wildman–Crippen LogP) is 3.70. The summed E-state index contributed by atoms with van der Waals surface area (Å²) < 4.78 is 4.96. The number of rotatable bonds is 2. The second kappa shape index (κ2) is 4.69. The van der Waals surface area contributed by atoms with E-state index in [1.807, 2.05) is 6.92 Å². The molecule has 1 aromatic rings. The van der Waals surface area contributed by atoms with Gasteiger partial charge in [0.1, 0.15) is 5.75 Å². The minimum absolute atomic E-state index is 0.306. The molecule has 0 aliphatic heterocycles. The third kappa shape index (κ3) is 2.52. The Hall–Kier alpha value is -0.990. The Balaban J connectivity index is 3.20. The molecule has 0 aromatic heterocycles. The van der Waals surface area contributed by atoms with Gasteiger partial charge < -0.3 is 4.74 Å². The van der Waals surface area contributed by atoms with Gasteiger partial charge >= 0.3 is 5.97 Å². The van der Waals surface area contributed by atoms with Crippen molar-refractivity contribution in [2.45, 2.75) is 13.8 Å². The van der Waals surface area contributed by atoms with E-state index < -0.39 is 5.97 Å². The molecule has 0 N–H and O–H groups in total. The van der Waals surface area contributed by atoms with Crippen LogP contribution in [0.4, 0.5) is 0 Å². The van der Waals surface area contributed by atoms with Crippen LogP contribution in [0.5, 0.6) is 5.75 Å². The van der Waals surface area contributed by atoms with E-state index >= 15 is 0 Å². The van der Waals surface area contributed by atoms with E-state index in [2.05, 4.69) is 6.58 Å². The van der Waals surface area contributed by atoms with Crippen LogP contribution in [-0.2, 0) is 4.79 Å². The largest absolute Gasteiger partial charge is 0.422 e. The van der Waals surface area contributed by atoms with Gasteiger partial charge in [0.25, 0.3) is 0 Å². The molecule has 0 atom stereocenters. The zero-order valence-electron chi connectivity index (χ0n) is 8.43. The minimum Gasteiger partial charge on any atom is -0.422 e. The fourth-order valence-corrected chi connectivity index (χ4v) is 1.51. The lowest BCUT2D eigenvalue weighted by atomic mass is 10.1. The van der Waals surface area contributed by atoms with Crippen LogP contribution in [0.3, 0.4) is 0 Å². The first-order chi connectivity index (χ1) is 6.97. The molecular formula is C11H10Cl2O2. The van der Waals surface area contributed by atoms with Crippen LogP contribution in [0, 0.1) is 13.8 Å². The van der Waals surface area contributed by atoms with Gasteiger partial charge in [0.15, 0.2) is 0 Å². The van der Waals surface area contributed by atoms with Crippen LogP contribution in [0.1, 0.15) is 11.1 Å². The lowest BCUT2D eigenvalue weighted by molar-refractivity contribution is -0.128. The Kier molecular flexibility index (Phi) is 3.77. The molecule has 0 heterocycles. The van der Waals surface area contributed by atoms with Crippen LogP contribution in [0.15, 0.2) is 18.7 Å². The Labute approximate surface area is 98.4 Å². The molecular weight excluding hydrogens is 235 g/mol. The van der Waals surface area contributed by atoms with Crippen molar-refractivity contribution in [3.8, 4) is 5.75 Å². The fourth-order valence-electron chi connectivity index (χ4n) is 1.12. The summed E-state index contributed by atoms with van der Waals surface area (Å²) in [5.74, 6) is -0.237. The third-order valence-electron chi connectivity index (χ3n) is 1.95. The van der Waals surface area contributed by atoms with Gasteiger partial charge in [-0.25, -0.2) is 4.79 Å². The number of hydrogen-bond donors (Lipinski definition) is 0. The van der Waals surface area contributed by atoms with E-state index in [1.54, 1.807) is 13.0 Å². The highest BCUT2D eigenvalue weighted by Gasteiger charge is 2.12. The van der Waals surface area contributed by atoms with Gasteiger partial charge in [-0.05, 0) is 31.0 Å². The maximum Gasteiger partial charge on any atom is 0.335 e. The van der Waals surface area contributed by atoms with Gasteiger partial charge in [-0.1, -0.05) is 29.8 Å². The molecule has 0 aliphatic rings. The second-order valence-corrected chi connectivity index (χ2v) is 3.83. The van der Waals surface area contributed by atoms with Crippen LogP contribution >= 0.6 is 23.2 Å². The quantitative estimate of drug-likeness (QED) is 0.451. The van der Waals surface area contributed by atoms with E-state index in [0.717, 1.165) is 11.6 Å². The van der Waals surface area contributed by atoms with Gasteiger partial charge in [0.2, 0.25) is 0 Å². The molecule has 0 saturated heterocycles. The van der Waals surface area contributed by atoms with Crippen molar-refractivity contribution in [2.24, 2.45) is 0 Å². The van der Waals surface area contributed by atoms with Crippen LogP contribution in [0.2, 0.25) is 10.0 Å². The highest BCUT2D eigenvalue weighted by Crippen LogP contribution is 2.35. The van der Waals surface area contributed by atoms with Gasteiger partial charge in [-0.3, -0.25) is 0 Å². The first-order valence-corrected chi connectivity index (χ1v) is 5.02. The molecule has 1 aromatic carbocycles. The highest BCUT2D eigenvalue weighted by molar-refractivity contribution is 6.37. The maximum atomic E-state index is 11.0. The van der Waals surface area contributed by atoms with Crippen molar-refractivity contribution in [1.29, 1.82) is 0 Å². The molecule has 0 aliphatic carbocycles. The summed E-state index contributed by atoms with van der Waals surface area (Å²) in [6.07, 6.45) is 1.08. The first-order valence-electron chi connectivity index (χ1n) is 4.26. The molecule has 2 nitrogen and oxygen atoms in total. The lowest BCUT2D eigenvalue weighted by Gasteiger charge is -2.10. The monoisotopic (exact) mass is 244 g/mol. The standard InChI is InChI=1S/C11H10Cl2O2/c1-4-9(14)15-8-5-6(2)10(12)7(3)11(8)13/h4-5H,1H2,2-3H3. The van der Waals surface area contributed by atoms with Crippen molar-refractivity contribution >= 4 is 29.2 Å². The van der Waals surface area contributed by atoms with E-state index in [-0.39, 0.29) is 0 Å². The molecule has 0 saturated carbocycles. The summed E-state index contributed by atoms with van der Waals surface area (Å²) in [4.78, 5) is 11.0. The maximum absolute atomic E-state index is 11.0. The van der Waals surface area contributed by atoms with Crippen molar-refractivity contribution in [2.75, 3.05) is 0 Å². The molecule has 0 radical (unpaired) electrons. The Morgan fingerprint density at radius 1 is 1.40 bits per heavy atom. The second-order valence-electron chi connectivity index (χ2n) is 3.07. The zero-order valence-corrected chi connectivity index (χ0v) is 9.95. The zero-order chi connectivity index (χ0) is 11.6. The van der Waals surface area contributed by atoms with Crippen LogP contribution in [0.25, 0.3) is 0 Å². The minimum atomic E-state index is -0.543. The van der Waals surface area contributed by atoms with E-state index in [1.165, 1.54) is 0 Å². The Morgan fingerprint density at radius 2 is 2.00 bits per heavy atom. The first kappa shape index (κ1) is 12.1. The molecule has 0 unspecified atom stereocenters. The van der Waals surface area contributed by atoms with Gasteiger partial charge in [0, 0.05) is 11.1 Å². The average Bonchev–Trinajstić information content (AvgIpc) is 2.22. The number of hydrogen-bond acceptors (Lipinski definition) is 2. The molecule has 0 spiro atoms. The predicted molar refractivity (Wildman–Crippen MR) is 61.8 cm³/mol. The lowest BCUT2D eigenvalue weighted by Crippen LogP contribution is -2.04. The highest BCUT2D eigenvalue weighted by atomic mass is 35.5. The summed E-state index contributed by atoms with van der Waals surface area (Å²) in [6.45, 7) is 6.89. The van der Waals surface area contributed by atoms with E-state index in [4.69, 9.17) is 27.9 Å². The summed E-state index contributed by atoms with van der Waals surface area (Å²) in [5, 5.41) is 0.930. The van der Waals surface area contributed by atoms with Gasteiger partial charge in [-0.15, -0.1) is 0 Å². The number of esters is 1. The van der Waals surface area contributed by atoms with Crippen molar-refractivity contribution in [3.63, 3.8) is 0 Å². The van der Waals surface area contributed by atoms with Crippen molar-refractivity contribution < 1.29 is 9.53 Å². The topological polar surface area (TPSA) is 26.3 Å². The normalized spacial score (nSPS) is 9.87. The smallest absolute Gasteiger partial charge is 0.335 e. The van der Waals surface area contributed by atoms with Gasteiger partial charge in [-0.2, -0.15) is 0 Å². The SMILES string of the molecule is C=CC(=O)Oc1cc(C)c(Cl)c(C)c1Cl. The molecule has 1 rings (SSSR count). The summed E-state index contributed by atoms with van der Waals surface area (Å²) in [7, 11) is 0. The molecule has 15 heavy (non-hydrogen) atoms. The summed E-state index contributed by atoms with van der Waals surface area (Å²) in [6, 6.07) is 1.62. The number of carbonyl (C=O) groups is 1. The Morgan fingerprint density at radius 3 is 2.53 bits per heavy atom. The van der Waals surface area contributed by atoms with Gasteiger partial charge in [0.05, 0.1) is 5.02 Å². The number of carbonyl (C=O) groups excluding carboxylic acids is 1. The van der Waals surface area contributed by atoms with E-state index in [9.17, 15) is 4.79 Å². The molecule has 0 amide bonds. The number of benzene rings is 1. The average molecular weight is 245 g/mol. The number of ether oxygens (including phenoxy) is 1. The number of halogens is 2. The molecule has 4 heteroatoms. The third-order valence-corrected chi connectivity index (χ3v) is 3.00. The summed E-state index contributed by atoms with van der Waals surface area (Å²) in [5.41, 5.74) is 1.51. The molecule has 0 bridgehead atoms. The van der Waals surface area contributed by atoms with Crippen LogP contribution in [-0.4, -0.2) is 5.97 Å². The van der Waals surface area contributed by atoms with E-state index in [0.29, 0.717) is 21.4 Å². The summed E-state index contributed by atoms with van der Waals surface area (Å²) >= 11 is 12.0. The van der Waals surface area contributed by atoms with Crippen LogP contribution < -0.4 is 4.74 Å².